The van der Waals surface area contributed by atoms with Crippen molar-refractivity contribution in [2.24, 2.45) is 0 Å². The van der Waals surface area contributed by atoms with Crippen LogP contribution in [0.15, 0.2) is 24.3 Å². The minimum Gasteiger partial charge on any atom is -0.508 e. The average molecular weight is 436 g/mol. The summed E-state index contributed by atoms with van der Waals surface area (Å²) in [5.41, 5.74) is 1.40. The molecule has 1 fully saturated rings. The summed E-state index contributed by atoms with van der Waals surface area (Å²) in [7, 11) is 0. The zero-order valence-electron chi connectivity index (χ0n) is 17.2. The van der Waals surface area contributed by atoms with Gasteiger partial charge in [-0.1, -0.05) is 25.3 Å². The Kier molecular flexibility index (Phi) is 6.11. The SMILES string of the molecule is O=C(NCc1cc(C(F)(F)F)nn1C1CCCCC1)NC1CCCc2ccc(O)cc21. The van der Waals surface area contributed by atoms with Crippen LogP contribution in [0.1, 0.15) is 79.5 Å². The van der Waals surface area contributed by atoms with Crippen molar-refractivity contribution in [1.29, 1.82) is 0 Å². The van der Waals surface area contributed by atoms with Crippen LogP contribution in [0.25, 0.3) is 0 Å². The number of aromatic nitrogens is 2. The van der Waals surface area contributed by atoms with Gasteiger partial charge in [-0.15, -0.1) is 0 Å². The molecule has 6 nitrogen and oxygen atoms in total. The van der Waals surface area contributed by atoms with Crippen LogP contribution >= 0.6 is 0 Å². The highest BCUT2D eigenvalue weighted by molar-refractivity contribution is 5.74. The largest absolute Gasteiger partial charge is 0.508 e. The molecule has 1 heterocycles. The van der Waals surface area contributed by atoms with Gasteiger partial charge in [0.05, 0.1) is 24.3 Å². The fourth-order valence-electron chi connectivity index (χ4n) is 4.66. The zero-order chi connectivity index (χ0) is 22.0. The number of hydrogen-bond donors (Lipinski definition) is 3. The van der Waals surface area contributed by atoms with Gasteiger partial charge >= 0.3 is 12.2 Å². The summed E-state index contributed by atoms with van der Waals surface area (Å²) >= 11 is 0. The Morgan fingerprint density at radius 1 is 1.13 bits per heavy atom. The predicted molar refractivity (Wildman–Crippen MR) is 109 cm³/mol. The number of halogens is 3. The zero-order valence-corrected chi connectivity index (χ0v) is 17.2. The molecular weight excluding hydrogens is 409 g/mol. The van der Waals surface area contributed by atoms with Crippen molar-refractivity contribution in [3.05, 3.63) is 46.8 Å². The molecule has 1 aromatic heterocycles. The van der Waals surface area contributed by atoms with Gasteiger partial charge < -0.3 is 15.7 Å². The second-order valence-electron chi connectivity index (χ2n) is 8.41. The number of rotatable bonds is 4. The first kappa shape index (κ1) is 21.5. The van der Waals surface area contributed by atoms with Crippen LogP contribution in [0.3, 0.4) is 0 Å². The summed E-state index contributed by atoms with van der Waals surface area (Å²) in [4.78, 5) is 12.5. The van der Waals surface area contributed by atoms with E-state index in [2.05, 4.69) is 15.7 Å². The van der Waals surface area contributed by atoms with E-state index in [1.54, 1.807) is 12.1 Å². The molecule has 3 N–H and O–H groups in total. The lowest BCUT2D eigenvalue weighted by molar-refractivity contribution is -0.141. The second-order valence-corrected chi connectivity index (χ2v) is 8.41. The molecule has 1 atom stereocenters. The number of phenolic OH excluding ortho intramolecular Hbond substituents is 1. The highest BCUT2D eigenvalue weighted by atomic mass is 19.4. The molecule has 2 aromatic rings. The summed E-state index contributed by atoms with van der Waals surface area (Å²) < 4.78 is 41.2. The molecule has 168 valence electrons. The molecule has 2 amide bonds. The molecule has 0 bridgehead atoms. The highest BCUT2D eigenvalue weighted by Crippen LogP contribution is 2.34. The fraction of sp³-hybridized carbons (Fsp3) is 0.545. The first-order valence-corrected chi connectivity index (χ1v) is 10.8. The van der Waals surface area contributed by atoms with Crippen LogP contribution in [-0.4, -0.2) is 20.9 Å². The number of aryl methyl sites for hydroxylation is 1. The van der Waals surface area contributed by atoms with Gasteiger partial charge in [0.25, 0.3) is 0 Å². The van der Waals surface area contributed by atoms with Crippen LogP contribution in [0.5, 0.6) is 5.75 Å². The maximum absolute atomic E-state index is 13.2. The number of nitrogens with zero attached hydrogens (tertiary/aromatic N) is 2. The smallest absolute Gasteiger partial charge is 0.435 e. The molecular formula is C22H27F3N4O2. The summed E-state index contributed by atoms with van der Waals surface area (Å²) in [5, 5.41) is 19.2. The third kappa shape index (κ3) is 4.97. The number of carbonyl (C=O) groups excluding carboxylic acids is 1. The Labute approximate surface area is 178 Å². The van der Waals surface area contributed by atoms with Gasteiger partial charge in [-0.3, -0.25) is 4.68 Å². The van der Waals surface area contributed by atoms with Gasteiger partial charge in [-0.2, -0.15) is 18.3 Å². The molecule has 4 rings (SSSR count). The predicted octanol–water partition coefficient (Wildman–Crippen LogP) is 4.99. The number of amides is 2. The number of fused-ring (bicyclic) bond motifs is 1. The van der Waals surface area contributed by atoms with Crippen LogP contribution < -0.4 is 10.6 Å². The van der Waals surface area contributed by atoms with Crippen molar-refractivity contribution in [2.45, 2.75) is 76.2 Å². The quantitative estimate of drug-likeness (QED) is 0.632. The monoisotopic (exact) mass is 436 g/mol. The summed E-state index contributed by atoms with van der Waals surface area (Å²) in [6, 6.07) is 5.41. The third-order valence-corrected chi connectivity index (χ3v) is 6.20. The van der Waals surface area contributed by atoms with Crippen LogP contribution in [0, 0.1) is 0 Å². The maximum atomic E-state index is 13.2. The molecule has 2 aliphatic rings. The number of carbonyl (C=O) groups is 1. The van der Waals surface area contributed by atoms with Crippen molar-refractivity contribution in [2.75, 3.05) is 0 Å². The molecule has 1 saturated carbocycles. The Morgan fingerprint density at radius 3 is 2.65 bits per heavy atom. The van der Waals surface area contributed by atoms with Gasteiger partial charge in [0.2, 0.25) is 0 Å². The summed E-state index contributed by atoms with van der Waals surface area (Å²) in [6.45, 7) is -0.0367. The number of phenols is 1. The van der Waals surface area contributed by atoms with Gasteiger partial charge in [0.15, 0.2) is 5.69 Å². The lowest BCUT2D eigenvalue weighted by Gasteiger charge is -2.27. The average Bonchev–Trinajstić information content (AvgIpc) is 3.18. The van der Waals surface area contributed by atoms with E-state index in [9.17, 15) is 23.1 Å². The van der Waals surface area contributed by atoms with E-state index >= 15 is 0 Å². The lowest BCUT2D eigenvalue weighted by atomic mass is 9.87. The standard InChI is InChI=1S/C22H27F3N4O2/c23-22(24,25)20-11-16(29(28-20)15-6-2-1-3-7-15)13-26-21(31)27-19-8-4-5-14-9-10-17(30)12-18(14)19/h9-12,15,19,30H,1-8,13H2,(H2,26,27,31). The topological polar surface area (TPSA) is 79.2 Å². The second kappa shape index (κ2) is 8.80. The third-order valence-electron chi connectivity index (χ3n) is 6.20. The number of hydrogen-bond acceptors (Lipinski definition) is 3. The van der Waals surface area contributed by atoms with Crippen LogP contribution in [0.2, 0.25) is 0 Å². The molecule has 0 saturated heterocycles. The van der Waals surface area contributed by atoms with Gasteiger partial charge in [-0.05, 0) is 61.4 Å². The number of nitrogens with one attached hydrogen (secondary N) is 2. The molecule has 1 unspecified atom stereocenters. The Bertz CT molecular complexity index is 935. The summed E-state index contributed by atoms with van der Waals surface area (Å²) in [5.74, 6) is 0.143. The Balaban J connectivity index is 1.45. The summed E-state index contributed by atoms with van der Waals surface area (Å²) in [6.07, 6.45) is 2.61. The maximum Gasteiger partial charge on any atom is 0.435 e. The van der Waals surface area contributed by atoms with Gasteiger partial charge in [0, 0.05) is 0 Å². The van der Waals surface area contributed by atoms with Crippen molar-refractivity contribution in [3.8, 4) is 5.75 Å². The molecule has 2 aliphatic carbocycles. The van der Waals surface area contributed by atoms with E-state index in [-0.39, 0.29) is 24.4 Å². The Hall–Kier alpha value is -2.71. The van der Waals surface area contributed by atoms with E-state index < -0.39 is 17.9 Å². The molecule has 0 radical (unpaired) electrons. The van der Waals surface area contributed by atoms with E-state index in [1.165, 1.54) is 4.68 Å². The first-order valence-electron chi connectivity index (χ1n) is 10.8. The number of urea groups is 1. The van der Waals surface area contributed by atoms with Gasteiger partial charge in [-0.25, -0.2) is 4.79 Å². The number of benzene rings is 1. The minimum atomic E-state index is -4.52. The number of aromatic hydroxyl groups is 1. The van der Waals surface area contributed by atoms with Gasteiger partial charge in [0.1, 0.15) is 5.75 Å². The fourth-order valence-corrected chi connectivity index (χ4v) is 4.66. The minimum absolute atomic E-state index is 0.0367. The highest BCUT2D eigenvalue weighted by Gasteiger charge is 2.36. The van der Waals surface area contributed by atoms with Crippen LogP contribution in [-0.2, 0) is 19.1 Å². The van der Waals surface area contributed by atoms with E-state index in [4.69, 9.17) is 0 Å². The number of alkyl halides is 3. The molecule has 9 heteroatoms. The normalized spacial score (nSPS) is 19.6. The molecule has 0 aliphatic heterocycles. The first-order chi connectivity index (χ1) is 14.8. The Morgan fingerprint density at radius 2 is 1.90 bits per heavy atom. The van der Waals surface area contributed by atoms with Crippen LogP contribution in [0.4, 0.5) is 18.0 Å². The van der Waals surface area contributed by atoms with Crippen molar-refractivity contribution >= 4 is 6.03 Å². The van der Waals surface area contributed by atoms with E-state index in [0.29, 0.717) is 5.69 Å². The van der Waals surface area contributed by atoms with E-state index in [1.807, 2.05) is 6.07 Å². The molecule has 31 heavy (non-hydrogen) atoms. The molecule has 1 aromatic carbocycles. The van der Waals surface area contributed by atoms with Crippen molar-refractivity contribution in [3.63, 3.8) is 0 Å². The van der Waals surface area contributed by atoms with Crippen molar-refractivity contribution < 1.29 is 23.1 Å². The lowest BCUT2D eigenvalue weighted by Crippen LogP contribution is -2.39. The van der Waals surface area contributed by atoms with Crippen molar-refractivity contribution in [1.82, 2.24) is 20.4 Å². The van der Waals surface area contributed by atoms with E-state index in [0.717, 1.165) is 68.6 Å². The molecule has 0 spiro atoms.